The Bertz CT molecular complexity index is 209. The molecule has 0 aliphatic carbocycles. The molecule has 0 spiro atoms. The smallest absolute Gasteiger partial charge is 0.323 e. The quantitative estimate of drug-likeness (QED) is 0.521. The van der Waals surface area contributed by atoms with E-state index >= 15 is 0 Å². The lowest BCUT2D eigenvalue weighted by Crippen LogP contribution is -2.35. The predicted octanol–water partition coefficient (Wildman–Crippen LogP) is 1.43. The molecule has 0 aromatic carbocycles. The zero-order valence-electron chi connectivity index (χ0n) is 10.6. The molecule has 0 heterocycles. The molecular weight excluding hydrogens is 226 g/mol. The van der Waals surface area contributed by atoms with Gasteiger partial charge in [-0.15, -0.1) is 0 Å². The number of nitrogens with two attached hydrogens (primary N) is 1. The van der Waals surface area contributed by atoms with Crippen LogP contribution in [-0.4, -0.2) is 42.8 Å². The second kappa shape index (κ2) is 7.92. The summed E-state index contributed by atoms with van der Waals surface area (Å²) in [5.41, 5.74) is 5.55. The third-order valence-corrected chi connectivity index (χ3v) is 3.38. The first-order valence-electron chi connectivity index (χ1n) is 5.48. The summed E-state index contributed by atoms with van der Waals surface area (Å²) in [6.45, 7) is 6.24. The first-order valence-corrected chi connectivity index (χ1v) is 6.63. The van der Waals surface area contributed by atoms with Gasteiger partial charge in [-0.05, 0) is 32.9 Å². The maximum atomic E-state index is 11.2. The van der Waals surface area contributed by atoms with Crippen LogP contribution in [0.5, 0.6) is 0 Å². The summed E-state index contributed by atoms with van der Waals surface area (Å²) in [5, 5.41) is 0. The van der Waals surface area contributed by atoms with Crippen LogP contribution in [0.3, 0.4) is 0 Å². The van der Waals surface area contributed by atoms with Gasteiger partial charge in [-0.3, -0.25) is 4.79 Å². The van der Waals surface area contributed by atoms with Crippen LogP contribution in [0.15, 0.2) is 0 Å². The summed E-state index contributed by atoms with van der Waals surface area (Å²) >= 11 is 1.65. The largest absolute Gasteiger partial charge is 0.465 e. The topological polar surface area (TPSA) is 61.5 Å². The number of esters is 1. The number of ether oxygens (including phenoxy) is 2. The number of hydrogen-bond donors (Lipinski definition) is 1. The first-order chi connectivity index (χ1) is 7.43. The molecule has 16 heavy (non-hydrogen) atoms. The van der Waals surface area contributed by atoms with Crippen LogP contribution in [0, 0.1) is 0 Å². The highest BCUT2D eigenvalue weighted by atomic mass is 32.2. The molecule has 0 rings (SSSR count). The minimum absolute atomic E-state index is 0.110. The Kier molecular flexibility index (Phi) is 7.80. The Morgan fingerprint density at radius 2 is 2.12 bits per heavy atom. The van der Waals surface area contributed by atoms with Crippen LogP contribution in [0.25, 0.3) is 0 Å². The van der Waals surface area contributed by atoms with Crippen molar-refractivity contribution < 1.29 is 14.3 Å². The molecule has 0 fully saturated rings. The van der Waals surface area contributed by atoms with E-state index in [4.69, 9.17) is 15.2 Å². The van der Waals surface area contributed by atoms with Crippen molar-refractivity contribution in [3.8, 4) is 0 Å². The van der Waals surface area contributed by atoms with Gasteiger partial charge in [0.2, 0.25) is 0 Å². The van der Waals surface area contributed by atoms with Crippen LogP contribution in [0.1, 0.15) is 27.2 Å². The van der Waals surface area contributed by atoms with Gasteiger partial charge in [0.05, 0.1) is 12.2 Å². The van der Waals surface area contributed by atoms with E-state index in [1.54, 1.807) is 25.8 Å². The molecule has 1 atom stereocenters. The van der Waals surface area contributed by atoms with Gasteiger partial charge in [0.25, 0.3) is 0 Å². The van der Waals surface area contributed by atoms with Gasteiger partial charge in [0.15, 0.2) is 0 Å². The fourth-order valence-electron chi connectivity index (χ4n) is 0.948. The number of rotatable bonds is 8. The van der Waals surface area contributed by atoms with Gasteiger partial charge in [-0.25, -0.2) is 0 Å². The fraction of sp³-hybridized carbons (Fsp3) is 0.909. The zero-order valence-corrected chi connectivity index (χ0v) is 11.4. The number of carbonyl (C=O) groups excluding carboxylic acids is 1. The predicted molar refractivity (Wildman–Crippen MR) is 67.6 cm³/mol. The van der Waals surface area contributed by atoms with Crippen molar-refractivity contribution in [1.29, 1.82) is 0 Å². The number of thioether (sulfide) groups is 1. The van der Waals surface area contributed by atoms with Crippen molar-refractivity contribution in [2.75, 3.05) is 25.2 Å². The summed E-state index contributed by atoms with van der Waals surface area (Å²) in [6, 6.07) is -0.518. The lowest BCUT2D eigenvalue weighted by Gasteiger charge is -2.22. The van der Waals surface area contributed by atoms with Crippen LogP contribution in [0.2, 0.25) is 0 Å². The normalized spacial score (nSPS) is 13.6. The average molecular weight is 249 g/mol. The van der Waals surface area contributed by atoms with E-state index in [1.807, 2.05) is 13.8 Å². The molecule has 0 aromatic heterocycles. The average Bonchev–Trinajstić information content (AvgIpc) is 2.24. The van der Waals surface area contributed by atoms with Gasteiger partial charge in [-0.1, -0.05) is 0 Å². The fourth-order valence-corrected chi connectivity index (χ4v) is 2.14. The summed E-state index contributed by atoms with van der Waals surface area (Å²) in [7, 11) is 1.70. The molecular formula is C11H23NO3S. The van der Waals surface area contributed by atoms with Crippen LogP contribution in [-0.2, 0) is 14.3 Å². The van der Waals surface area contributed by atoms with E-state index in [0.29, 0.717) is 12.4 Å². The Morgan fingerprint density at radius 3 is 2.62 bits per heavy atom. The van der Waals surface area contributed by atoms with Gasteiger partial charge in [0.1, 0.15) is 6.04 Å². The first kappa shape index (κ1) is 15.7. The second-order valence-corrected chi connectivity index (χ2v) is 5.30. The molecule has 5 heteroatoms. The number of carbonyl (C=O) groups is 1. The molecule has 96 valence electrons. The summed E-state index contributed by atoms with van der Waals surface area (Å²) < 4.78 is 10.1. The van der Waals surface area contributed by atoms with Crippen molar-refractivity contribution in [3.63, 3.8) is 0 Å². The monoisotopic (exact) mass is 249 g/mol. The lowest BCUT2D eigenvalue weighted by atomic mass is 10.1. The highest BCUT2D eigenvalue weighted by molar-refractivity contribution is 7.99. The van der Waals surface area contributed by atoms with Crippen molar-refractivity contribution in [3.05, 3.63) is 0 Å². The SMILES string of the molecule is CCOC(=O)C(N)CSCCC(C)(C)OC. The molecule has 0 bridgehead atoms. The minimum atomic E-state index is -0.518. The van der Waals surface area contributed by atoms with E-state index in [2.05, 4.69) is 0 Å². The molecule has 0 aliphatic rings. The van der Waals surface area contributed by atoms with Crippen molar-refractivity contribution in [2.24, 2.45) is 5.73 Å². The maximum absolute atomic E-state index is 11.2. The van der Waals surface area contributed by atoms with Crippen LogP contribution < -0.4 is 5.73 Å². The molecule has 2 N–H and O–H groups in total. The Morgan fingerprint density at radius 1 is 1.50 bits per heavy atom. The van der Waals surface area contributed by atoms with Gasteiger partial charge < -0.3 is 15.2 Å². The third-order valence-electron chi connectivity index (χ3n) is 2.29. The minimum Gasteiger partial charge on any atom is -0.465 e. The number of methoxy groups -OCH3 is 1. The summed E-state index contributed by atoms with van der Waals surface area (Å²) in [6.07, 6.45) is 0.934. The van der Waals surface area contributed by atoms with E-state index < -0.39 is 6.04 Å². The maximum Gasteiger partial charge on any atom is 0.323 e. The van der Waals surface area contributed by atoms with E-state index in [9.17, 15) is 4.79 Å². The van der Waals surface area contributed by atoms with E-state index in [-0.39, 0.29) is 11.6 Å². The summed E-state index contributed by atoms with van der Waals surface area (Å²) in [5.74, 6) is 1.20. The van der Waals surface area contributed by atoms with Crippen LogP contribution in [0.4, 0.5) is 0 Å². The van der Waals surface area contributed by atoms with Gasteiger partial charge in [-0.2, -0.15) is 11.8 Å². The van der Waals surface area contributed by atoms with E-state index in [1.165, 1.54) is 0 Å². The Labute approximate surface area is 102 Å². The van der Waals surface area contributed by atoms with Gasteiger partial charge in [0, 0.05) is 12.9 Å². The third kappa shape index (κ3) is 7.09. The molecule has 0 amide bonds. The Hall–Kier alpha value is -0.260. The van der Waals surface area contributed by atoms with E-state index in [0.717, 1.165) is 12.2 Å². The zero-order chi connectivity index (χ0) is 12.6. The molecule has 0 aliphatic heterocycles. The highest BCUT2D eigenvalue weighted by Crippen LogP contribution is 2.17. The number of hydrogen-bond acceptors (Lipinski definition) is 5. The van der Waals surface area contributed by atoms with Crippen molar-refractivity contribution in [2.45, 2.75) is 38.8 Å². The Balaban J connectivity index is 3.62. The molecule has 0 aromatic rings. The summed E-state index contributed by atoms with van der Waals surface area (Å²) in [4.78, 5) is 11.2. The standard InChI is InChI=1S/C11H23NO3S/c1-5-15-10(13)9(12)8-16-7-6-11(2,3)14-4/h9H,5-8,12H2,1-4H3. The highest BCUT2D eigenvalue weighted by Gasteiger charge is 2.17. The van der Waals surface area contributed by atoms with Crippen molar-refractivity contribution >= 4 is 17.7 Å². The molecule has 1 unspecified atom stereocenters. The second-order valence-electron chi connectivity index (χ2n) is 4.15. The molecule has 0 saturated carbocycles. The lowest BCUT2D eigenvalue weighted by molar-refractivity contribution is -0.144. The van der Waals surface area contributed by atoms with Gasteiger partial charge >= 0.3 is 5.97 Å². The molecule has 4 nitrogen and oxygen atoms in total. The molecule has 0 radical (unpaired) electrons. The molecule has 0 saturated heterocycles. The van der Waals surface area contributed by atoms with Crippen molar-refractivity contribution in [1.82, 2.24) is 0 Å². The van der Waals surface area contributed by atoms with Crippen LogP contribution >= 0.6 is 11.8 Å².